The molecular weight excluding hydrogens is 328 g/mol. The van der Waals surface area contributed by atoms with Crippen LogP contribution in [0.25, 0.3) is 0 Å². The predicted octanol–water partition coefficient (Wildman–Crippen LogP) is 3.16. The molecule has 1 heterocycles. The second kappa shape index (κ2) is 8.88. The zero-order valence-corrected chi connectivity index (χ0v) is 15.4. The number of hydrogen-bond donors (Lipinski definition) is 1. The zero-order valence-electron chi connectivity index (χ0n) is 15.4. The molecule has 5 nitrogen and oxygen atoms in total. The summed E-state index contributed by atoms with van der Waals surface area (Å²) in [5.74, 6) is 1.37. The lowest BCUT2D eigenvalue weighted by Gasteiger charge is -2.32. The minimum absolute atomic E-state index is 0.0499. The third-order valence-corrected chi connectivity index (χ3v) is 5.12. The minimum Gasteiger partial charge on any atom is -0.494 e. The molecule has 26 heavy (non-hydrogen) atoms. The molecule has 0 bridgehead atoms. The summed E-state index contributed by atoms with van der Waals surface area (Å²) in [5, 5.41) is 3.14. The van der Waals surface area contributed by atoms with Crippen LogP contribution in [0, 0.1) is 5.92 Å². The van der Waals surface area contributed by atoms with Crippen LogP contribution in [0.4, 0.5) is 0 Å². The molecule has 1 aliphatic carbocycles. The quantitative estimate of drug-likeness (QED) is 0.797. The SMILES string of the molecule is CCOc1ccc(C(=O)N2CCC(NC(=O)C[C@@H]3C=CCC3)CC2)cc1. The minimum atomic E-state index is 0.0499. The number of allylic oxidation sites excluding steroid dienone is 2. The van der Waals surface area contributed by atoms with Crippen LogP contribution in [-0.4, -0.2) is 42.5 Å². The largest absolute Gasteiger partial charge is 0.494 e. The number of likely N-dealkylation sites (tertiary alicyclic amines) is 1. The first-order chi connectivity index (χ1) is 12.7. The summed E-state index contributed by atoms with van der Waals surface area (Å²) >= 11 is 0. The van der Waals surface area contributed by atoms with Crippen molar-refractivity contribution in [2.45, 2.75) is 45.1 Å². The highest BCUT2D eigenvalue weighted by Crippen LogP contribution is 2.21. The summed E-state index contributed by atoms with van der Waals surface area (Å²) < 4.78 is 5.42. The van der Waals surface area contributed by atoms with Crippen molar-refractivity contribution in [2.24, 2.45) is 5.92 Å². The lowest BCUT2D eigenvalue weighted by molar-refractivity contribution is -0.122. The van der Waals surface area contributed by atoms with Crippen LogP contribution in [0.5, 0.6) is 5.75 Å². The second-order valence-electron chi connectivity index (χ2n) is 7.06. The Bertz CT molecular complexity index is 646. The van der Waals surface area contributed by atoms with Gasteiger partial charge in [0.2, 0.25) is 5.91 Å². The normalized spacial score (nSPS) is 20.2. The van der Waals surface area contributed by atoms with Crippen molar-refractivity contribution < 1.29 is 14.3 Å². The van der Waals surface area contributed by atoms with E-state index in [1.165, 1.54) is 0 Å². The number of ether oxygens (including phenoxy) is 1. The number of nitrogens with one attached hydrogen (secondary N) is 1. The van der Waals surface area contributed by atoms with Gasteiger partial charge >= 0.3 is 0 Å². The number of piperidine rings is 1. The number of carbonyl (C=O) groups excluding carboxylic acids is 2. The Morgan fingerprint density at radius 2 is 1.88 bits per heavy atom. The molecule has 140 valence electrons. The average Bonchev–Trinajstić information content (AvgIpc) is 3.15. The van der Waals surface area contributed by atoms with Crippen LogP contribution >= 0.6 is 0 Å². The van der Waals surface area contributed by atoms with E-state index >= 15 is 0 Å². The van der Waals surface area contributed by atoms with Gasteiger partial charge in [0.15, 0.2) is 0 Å². The number of rotatable bonds is 6. The summed E-state index contributed by atoms with van der Waals surface area (Å²) in [5.41, 5.74) is 0.684. The molecule has 2 aliphatic rings. The van der Waals surface area contributed by atoms with Crippen molar-refractivity contribution in [2.75, 3.05) is 19.7 Å². The van der Waals surface area contributed by atoms with Gasteiger partial charge < -0.3 is 15.0 Å². The smallest absolute Gasteiger partial charge is 0.253 e. The fraction of sp³-hybridized carbons (Fsp3) is 0.524. The number of carbonyl (C=O) groups is 2. The third kappa shape index (κ3) is 4.87. The van der Waals surface area contributed by atoms with E-state index in [9.17, 15) is 9.59 Å². The molecule has 1 N–H and O–H groups in total. The van der Waals surface area contributed by atoms with Gasteiger partial charge in [0, 0.05) is 31.1 Å². The van der Waals surface area contributed by atoms with E-state index in [-0.39, 0.29) is 17.9 Å². The number of nitrogens with zero attached hydrogens (tertiary/aromatic N) is 1. The molecule has 3 rings (SSSR count). The van der Waals surface area contributed by atoms with Crippen molar-refractivity contribution >= 4 is 11.8 Å². The number of amides is 2. The third-order valence-electron chi connectivity index (χ3n) is 5.12. The van der Waals surface area contributed by atoms with Crippen LogP contribution in [0.3, 0.4) is 0 Å². The van der Waals surface area contributed by atoms with Gasteiger partial charge in [0.25, 0.3) is 5.91 Å². The summed E-state index contributed by atoms with van der Waals surface area (Å²) in [6.07, 6.45) is 8.69. The molecule has 2 amide bonds. The summed E-state index contributed by atoms with van der Waals surface area (Å²) in [4.78, 5) is 26.6. The monoisotopic (exact) mass is 356 g/mol. The van der Waals surface area contributed by atoms with E-state index in [1.54, 1.807) is 0 Å². The maximum Gasteiger partial charge on any atom is 0.253 e. The Hall–Kier alpha value is -2.30. The molecule has 1 aromatic carbocycles. The first-order valence-corrected chi connectivity index (χ1v) is 9.64. The van der Waals surface area contributed by atoms with Crippen molar-refractivity contribution in [1.29, 1.82) is 0 Å². The number of hydrogen-bond acceptors (Lipinski definition) is 3. The topological polar surface area (TPSA) is 58.6 Å². The van der Waals surface area contributed by atoms with Gasteiger partial charge in [-0.15, -0.1) is 0 Å². The van der Waals surface area contributed by atoms with Crippen molar-refractivity contribution in [3.8, 4) is 5.75 Å². The van der Waals surface area contributed by atoms with Crippen molar-refractivity contribution in [1.82, 2.24) is 10.2 Å². The molecule has 5 heteroatoms. The fourth-order valence-corrected chi connectivity index (χ4v) is 3.66. The van der Waals surface area contributed by atoms with Crippen LogP contribution < -0.4 is 10.1 Å². The second-order valence-corrected chi connectivity index (χ2v) is 7.06. The van der Waals surface area contributed by atoms with E-state index in [2.05, 4.69) is 17.5 Å². The Labute approximate surface area is 155 Å². The van der Waals surface area contributed by atoms with E-state index in [1.807, 2.05) is 36.1 Å². The molecule has 0 spiro atoms. The Kier molecular flexibility index (Phi) is 6.31. The highest BCUT2D eigenvalue weighted by atomic mass is 16.5. The first kappa shape index (κ1) is 18.5. The summed E-state index contributed by atoms with van der Waals surface area (Å²) in [6, 6.07) is 7.48. The van der Waals surface area contributed by atoms with Crippen LogP contribution in [0.2, 0.25) is 0 Å². The van der Waals surface area contributed by atoms with Gasteiger partial charge in [-0.05, 0) is 62.8 Å². The fourth-order valence-electron chi connectivity index (χ4n) is 3.66. The van der Waals surface area contributed by atoms with Gasteiger partial charge in [-0.3, -0.25) is 9.59 Å². The maximum atomic E-state index is 12.6. The molecule has 0 saturated carbocycles. The highest BCUT2D eigenvalue weighted by Gasteiger charge is 2.25. The molecule has 1 atom stereocenters. The molecule has 1 aromatic rings. The lowest BCUT2D eigenvalue weighted by atomic mass is 10.0. The lowest BCUT2D eigenvalue weighted by Crippen LogP contribution is -2.46. The molecule has 0 unspecified atom stereocenters. The number of benzene rings is 1. The van der Waals surface area contributed by atoms with Gasteiger partial charge in [-0.25, -0.2) is 0 Å². The first-order valence-electron chi connectivity index (χ1n) is 9.64. The Morgan fingerprint density at radius 3 is 2.50 bits per heavy atom. The molecule has 1 aliphatic heterocycles. The molecule has 0 radical (unpaired) electrons. The standard InChI is InChI=1S/C21H28N2O3/c1-2-26-19-9-7-17(8-10-19)21(25)23-13-11-18(12-14-23)22-20(24)15-16-5-3-4-6-16/h3,5,7-10,16,18H,2,4,6,11-15H2,1H3,(H,22,24)/t16-/m1/s1. The molecule has 1 saturated heterocycles. The summed E-state index contributed by atoms with van der Waals surface area (Å²) in [7, 11) is 0. The van der Waals surface area contributed by atoms with Gasteiger partial charge in [0.05, 0.1) is 6.61 Å². The van der Waals surface area contributed by atoms with Crippen molar-refractivity contribution in [3.05, 3.63) is 42.0 Å². The predicted molar refractivity (Wildman–Crippen MR) is 101 cm³/mol. The Balaban J connectivity index is 1.44. The average molecular weight is 356 g/mol. The zero-order chi connectivity index (χ0) is 18.4. The molecular formula is C21H28N2O3. The molecule has 0 aromatic heterocycles. The van der Waals surface area contributed by atoms with E-state index in [4.69, 9.17) is 4.74 Å². The maximum absolute atomic E-state index is 12.6. The van der Waals surface area contributed by atoms with Gasteiger partial charge in [-0.2, -0.15) is 0 Å². The molecule has 1 fully saturated rings. The highest BCUT2D eigenvalue weighted by molar-refractivity contribution is 5.94. The summed E-state index contributed by atoms with van der Waals surface area (Å²) in [6.45, 7) is 3.91. The van der Waals surface area contributed by atoms with E-state index in [0.717, 1.165) is 31.4 Å². The van der Waals surface area contributed by atoms with Gasteiger partial charge in [-0.1, -0.05) is 12.2 Å². The van der Waals surface area contributed by atoms with E-state index < -0.39 is 0 Å². The Morgan fingerprint density at radius 1 is 1.15 bits per heavy atom. The van der Waals surface area contributed by atoms with Crippen LogP contribution in [0.1, 0.15) is 49.4 Å². The van der Waals surface area contributed by atoms with Crippen LogP contribution in [-0.2, 0) is 4.79 Å². The van der Waals surface area contributed by atoms with Gasteiger partial charge in [0.1, 0.15) is 5.75 Å². The van der Waals surface area contributed by atoms with E-state index in [0.29, 0.717) is 37.6 Å². The van der Waals surface area contributed by atoms with Crippen LogP contribution in [0.15, 0.2) is 36.4 Å². The van der Waals surface area contributed by atoms with Crippen molar-refractivity contribution in [3.63, 3.8) is 0 Å².